The molecule has 1 N–H and O–H groups in total. The number of halogens is 3. The van der Waals surface area contributed by atoms with E-state index < -0.39 is 11.7 Å². The van der Waals surface area contributed by atoms with Crippen LogP contribution < -0.4 is 10.2 Å². The molecule has 0 aliphatic carbocycles. The van der Waals surface area contributed by atoms with Gasteiger partial charge in [0.15, 0.2) is 0 Å². The van der Waals surface area contributed by atoms with Gasteiger partial charge in [-0.1, -0.05) is 24.3 Å². The lowest BCUT2D eigenvalue weighted by atomic mass is 9.95. The maximum absolute atomic E-state index is 12.7. The van der Waals surface area contributed by atoms with Gasteiger partial charge in [-0.2, -0.15) is 13.2 Å². The molecule has 0 atom stereocenters. The van der Waals surface area contributed by atoms with E-state index in [1.165, 1.54) is 6.07 Å². The number of carbonyl (C=O) groups excluding carboxylic acids is 1. The number of benzene rings is 1. The minimum atomic E-state index is -4.39. The number of amides is 1. The Morgan fingerprint density at radius 3 is 2.47 bits per heavy atom. The van der Waals surface area contributed by atoms with Crippen LogP contribution in [-0.4, -0.2) is 30.6 Å². The smallest absolute Gasteiger partial charge is 0.377 e. The Kier molecular flexibility index (Phi) is 7.31. The number of hydrogen-bond donors (Lipinski definition) is 1. The molecular formula is C22H26F3N3O2. The molecule has 1 aromatic carbocycles. The van der Waals surface area contributed by atoms with Crippen LogP contribution in [0.25, 0.3) is 0 Å². The predicted octanol–water partition coefficient (Wildman–Crippen LogP) is 4.17. The average Bonchev–Trinajstić information content (AvgIpc) is 2.76. The number of ether oxygens (including phenoxy) is 1. The predicted molar refractivity (Wildman–Crippen MR) is 108 cm³/mol. The summed E-state index contributed by atoms with van der Waals surface area (Å²) >= 11 is 0. The van der Waals surface area contributed by atoms with Crippen LogP contribution in [0.4, 0.5) is 19.0 Å². The number of piperidine rings is 1. The van der Waals surface area contributed by atoms with Crippen molar-refractivity contribution >= 4 is 11.7 Å². The third-order valence-corrected chi connectivity index (χ3v) is 5.30. The molecule has 3 rings (SSSR count). The van der Waals surface area contributed by atoms with E-state index in [4.69, 9.17) is 4.74 Å². The number of nitrogens with one attached hydrogen (secondary N) is 1. The van der Waals surface area contributed by atoms with Gasteiger partial charge in [0.1, 0.15) is 5.82 Å². The van der Waals surface area contributed by atoms with Crippen LogP contribution in [0, 0.1) is 5.92 Å². The van der Waals surface area contributed by atoms with E-state index in [0.717, 1.165) is 23.4 Å². The van der Waals surface area contributed by atoms with Crippen LogP contribution >= 0.6 is 0 Å². The van der Waals surface area contributed by atoms with Gasteiger partial charge in [-0.05, 0) is 43.0 Å². The first kappa shape index (κ1) is 22.1. The van der Waals surface area contributed by atoms with E-state index in [2.05, 4.69) is 10.3 Å². The first-order chi connectivity index (χ1) is 14.4. The highest BCUT2D eigenvalue weighted by Crippen LogP contribution is 2.30. The molecule has 1 aliphatic rings. The Balaban J connectivity index is 1.50. The highest BCUT2D eigenvalue weighted by Gasteiger charge is 2.31. The summed E-state index contributed by atoms with van der Waals surface area (Å²) < 4.78 is 43.5. The largest absolute Gasteiger partial charge is 0.417 e. The zero-order chi connectivity index (χ0) is 21.6. The van der Waals surface area contributed by atoms with Crippen molar-refractivity contribution in [3.8, 4) is 0 Å². The molecule has 1 aliphatic heterocycles. The molecule has 2 aromatic rings. The molecule has 1 saturated heterocycles. The molecule has 1 aromatic heterocycles. The molecule has 30 heavy (non-hydrogen) atoms. The molecule has 5 nitrogen and oxygen atoms in total. The van der Waals surface area contributed by atoms with Gasteiger partial charge >= 0.3 is 6.18 Å². The van der Waals surface area contributed by atoms with Crippen LogP contribution in [-0.2, 0) is 28.9 Å². The molecule has 0 radical (unpaired) electrons. The lowest BCUT2D eigenvalue weighted by molar-refractivity contribution is -0.137. The third kappa shape index (κ3) is 5.72. The molecule has 8 heteroatoms. The second-order valence-corrected chi connectivity index (χ2v) is 7.29. The van der Waals surface area contributed by atoms with Crippen LogP contribution in [0.15, 0.2) is 42.6 Å². The summed E-state index contributed by atoms with van der Waals surface area (Å²) in [6.45, 7) is 4.70. The van der Waals surface area contributed by atoms with Crippen molar-refractivity contribution in [3.05, 3.63) is 59.3 Å². The number of rotatable bonds is 7. The molecule has 2 heterocycles. The van der Waals surface area contributed by atoms with Gasteiger partial charge < -0.3 is 15.0 Å². The summed E-state index contributed by atoms with van der Waals surface area (Å²) in [6.07, 6.45) is -2.27. The van der Waals surface area contributed by atoms with Crippen LogP contribution in [0.5, 0.6) is 0 Å². The summed E-state index contributed by atoms with van der Waals surface area (Å²) in [7, 11) is 0. The monoisotopic (exact) mass is 421 g/mol. The number of alkyl halides is 3. The molecule has 0 spiro atoms. The van der Waals surface area contributed by atoms with Crippen molar-refractivity contribution in [2.75, 3.05) is 24.6 Å². The lowest BCUT2D eigenvalue weighted by Gasteiger charge is -2.32. The van der Waals surface area contributed by atoms with E-state index in [1.807, 2.05) is 36.1 Å². The Labute approximate surface area is 174 Å². The van der Waals surface area contributed by atoms with Crippen LogP contribution in [0.3, 0.4) is 0 Å². The Bertz CT molecular complexity index is 832. The Morgan fingerprint density at radius 2 is 1.87 bits per heavy atom. The topological polar surface area (TPSA) is 54.5 Å². The second-order valence-electron chi connectivity index (χ2n) is 7.29. The lowest BCUT2D eigenvalue weighted by Crippen LogP contribution is -2.40. The first-order valence-electron chi connectivity index (χ1n) is 10.1. The summed E-state index contributed by atoms with van der Waals surface area (Å²) in [4.78, 5) is 18.5. The molecule has 162 valence electrons. The van der Waals surface area contributed by atoms with E-state index in [-0.39, 0.29) is 11.8 Å². The summed E-state index contributed by atoms with van der Waals surface area (Å²) in [5, 5.41) is 3.01. The van der Waals surface area contributed by atoms with Crippen molar-refractivity contribution < 1.29 is 22.7 Å². The standard InChI is InChI=1S/C22H26F3N3O2/c1-2-30-15-18-6-4-3-5-17(18)13-27-21(29)16-9-11-28(12-10-16)20-8-7-19(14-26-20)22(23,24)25/h3-8,14,16H,2,9-13,15H2,1H3,(H,27,29). The quantitative estimate of drug-likeness (QED) is 0.729. The fraction of sp³-hybridized carbons (Fsp3) is 0.455. The number of hydrogen-bond acceptors (Lipinski definition) is 4. The third-order valence-electron chi connectivity index (χ3n) is 5.30. The van der Waals surface area contributed by atoms with Gasteiger partial charge in [0.2, 0.25) is 5.91 Å². The summed E-state index contributed by atoms with van der Waals surface area (Å²) in [6, 6.07) is 10.3. The molecule has 0 bridgehead atoms. The fourth-order valence-corrected chi connectivity index (χ4v) is 3.52. The number of anilines is 1. The van der Waals surface area contributed by atoms with E-state index >= 15 is 0 Å². The maximum Gasteiger partial charge on any atom is 0.417 e. The van der Waals surface area contributed by atoms with Crippen molar-refractivity contribution in [3.63, 3.8) is 0 Å². The maximum atomic E-state index is 12.7. The molecule has 1 amide bonds. The minimum absolute atomic E-state index is 0.00115. The van der Waals surface area contributed by atoms with Gasteiger partial charge in [-0.15, -0.1) is 0 Å². The van der Waals surface area contributed by atoms with Gasteiger partial charge in [0.25, 0.3) is 0 Å². The van der Waals surface area contributed by atoms with Gasteiger partial charge in [0.05, 0.1) is 12.2 Å². The van der Waals surface area contributed by atoms with Crippen LogP contribution in [0.2, 0.25) is 0 Å². The molecule has 0 unspecified atom stereocenters. The normalized spacial score (nSPS) is 15.3. The number of nitrogens with zero attached hydrogens (tertiary/aromatic N) is 2. The summed E-state index contributed by atoms with van der Waals surface area (Å²) in [5.74, 6) is 0.391. The SMILES string of the molecule is CCOCc1ccccc1CNC(=O)C1CCN(c2ccc(C(F)(F)F)cn2)CC1. The minimum Gasteiger partial charge on any atom is -0.377 e. The molecule has 1 fully saturated rings. The van der Waals surface area contributed by atoms with Crippen molar-refractivity contribution in [1.29, 1.82) is 0 Å². The number of pyridine rings is 1. The number of carbonyl (C=O) groups is 1. The number of aromatic nitrogens is 1. The Hall–Kier alpha value is -2.61. The van der Waals surface area contributed by atoms with E-state index in [0.29, 0.717) is 51.5 Å². The van der Waals surface area contributed by atoms with Crippen molar-refractivity contribution in [2.45, 2.75) is 39.1 Å². The Morgan fingerprint density at radius 1 is 1.17 bits per heavy atom. The zero-order valence-electron chi connectivity index (χ0n) is 16.9. The van der Waals surface area contributed by atoms with E-state index in [9.17, 15) is 18.0 Å². The van der Waals surface area contributed by atoms with Crippen molar-refractivity contribution in [2.24, 2.45) is 5.92 Å². The average molecular weight is 421 g/mol. The highest BCUT2D eigenvalue weighted by molar-refractivity contribution is 5.79. The van der Waals surface area contributed by atoms with Crippen LogP contribution in [0.1, 0.15) is 36.5 Å². The van der Waals surface area contributed by atoms with Gasteiger partial charge in [-0.25, -0.2) is 4.98 Å². The molecule has 0 saturated carbocycles. The first-order valence-corrected chi connectivity index (χ1v) is 10.1. The zero-order valence-corrected chi connectivity index (χ0v) is 16.9. The van der Waals surface area contributed by atoms with Crippen molar-refractivity contribution in [1.82, 2.24) is 10.3 Å². The second kappa shape index (κ2) is 9.93. The van der Waals surface area contributed by atoms with Gasteiger partial charge in [0, 0.05) is 38.4 Å². The summed E-state index contributed by atoms with van der Waals surface area (Å²) in [5.41, 5.74) is 1.33. The van der Waals surface area contributed by atoms with Gasteiger partial charge in [-0.3, -0.25) is 4.79 Å². The fourth-order valence-electron chi connectivity index (χ4n) is 3.52. The van der Waals surface area contributed by atoms with E-state index in [1.54, 1.807) is 0 Å². The molecular weight excluding hydrogens is 395 g/mol. The highest BCUT2D eigenvalue weighted by atomic mass is 19.4.